The molecule has 0 unspecified atom stereocenters. The molecule has 0 atom stereocenters. The van der Waals surface area contributed by atoms with E-state index < -0.39 is 29.7 Å². The van der Waals surface area contributed by atoms with Gasteiger partial charge in [-0.2, -0.15) is 0 Å². The number of aromatic nitrogens is 4. The third kappa shape index (κ3) is 4.10. The third-order valence-corrected chi connectivity index (χ3v) is 4.40. The van der Waals surface area contributed by atoms with Crippen LogP contribution in [0.1, 0.15) is 19.4 Å². The fourth-order valence-corrected chi connectivity index (χ4v) is 3.04. The van der Waals surface area contributed by atoms with E-state index in [1.54, 1.807) is 11.5 Å². The molecule has 0 saturated carbocycles. The Labute approximate surface area is 165 Å². The number of amides is 3. The Morgan fingerprint density at radius 1 is 1.07 bits per heavy atom. The van der Waals surface area contributed by atoms with E-state index in [1.807, 2.05) is 37.3 Å². The van der Waals surface area contributed by atoms with E-state index in [0.29, 0.717) is 13.1 Å². The molecule has 0 aliphatic rings. The number of hydrogen-bond acceptors (Lipinski definition) is 5. The summed E-state index contributed by atoms with van der Waals surface area (Å²) in [6, 6.07) is 8.57. The number of carbonyl (C=O) groups excluding carboxylic acids is 2. The highest BCUT2D eigenvalue weighted by molar-refractivity contribution is 5.94. The molecule has 29 heavy (non-hydrogen) atoms. The van der Waals surface area contributed by atoms with E-state index in [2.05, 4.69) is 15.6 Å². The van der Waals surface area contributed by atoms with Gasteiger partial charge in [-0.25, -0.2) is 19.1 Å². The minimum Gasteiger partial charge on any atom is -0.338 e. The van der Waals surface area contributed by atoms with Crippen LogP contribution in [0.4, 0.5) is 4.79 Å². The maximum absolute atomic E-state index is 13.0. The van der Waals surface area contributed by atoms with Crippen molar-refractivity contribution in [3.63, 3.8) is 0 Å². The Balaban J connectivity index is 2.09. The normalized spacial score (nSPS) is 10.8. The molecule has 3 amide bonds. The van der Waals surface area contributed by atoms with Gasteiger partial charge in [-0.1, -0.05) is 30.3 Å². The van der Waals surface area contributed by atoms with E-state index in [4.69, 9.17) is 0 Å². The summed E-state index contributed by atoms with van der Waals surface area (Å²) in [6.45, 7) is 3.98. The Kier molecular flexibility index (Phi) is 5.91. The summed E-state index contributed by atoms with van der Waals surface area (Å²) in [5.74, 6) is -0.761. The van der Waals surface area contributed by atoms with Gasteiger partial charge in [-0.15, -0.1) is 0 Å². The highest BCUT2D eigenvalue weighted by Gasteiger charge is 2.20. The monoisotopic (exact) mass is 398 g/mol. The van der Waals surface area contributed by atoms with Crippen LogP contribution in [-0.2, 0) is 24.4 Å². The van der Waals surface area contributed by atoms with Crippen LogP contribution in [-0.4, -0.2) is 37.2 Å². The van der Waals surface area contributed by atoms with Gasteiger partial charge in [0.1, 0.15) is 6.54 Å². The summed E-state index contributed by atoms with van der Waals surface area (Å²) >= 11 is 0. The zero-order valence-corrected chi connectivity index (χ0v) is 16.2. The summed E-state index contributed by atoms with van der Waals surface area (Å²) < 4.78 is 3.81. The molecule has 0 fully saturated rings. The lowest BCUT2D eigenvalue weighted by molar-refractivity contribution is -0.120. The SMILES string of the molecule is CCNC(=O)NC(=O)Cn1c(=O)c2c(ncn2CC)n(Cc2ccccc2)c1=O. The Hall–Kier alpha value is -3.69. The number of rotatable bonds is 6. The minimum absolute atomic E-state index is 0.190. The van der Waals surface area contributed by atoms with E-state index in [9.17, 15) is 19.2 Å². The summed E-state index contributed by atoms with van der Waals surface area (Å²) in [7, 11) is 0. The molecule has 0 spiro atoms. The van der Waals surface area contributed by atoms with Crippen LogP contribution in [0.3, 0.4) is 0 Å². The number of aryl methyl sites for hydroxylation is 1. The van der Waals surface area contributed by atoms with E-state index >= 15 is 0 Å². The second-order valence-electron chi connectivity index (χ2n) is 6.36. The van der Waals surface area contributed by atoms with Crippen molar-refractivity contribution in [3.05, 3.63) is 63.1 Å². The molecule has 0 aliphatic heterocycles. The number of nitrogens with one attached hydrogen (secondary N) is 2. The highest BCUT2D eigenvalue weighted by Crippen LogP contribution is 2.09. The van der Waals surface area contributed by atoms with Gasteiger partial charge in [0.2, 0.25) is 5.91 Å². The van der Waals surface area contributed by atoms with Crippen molar-refractivity contribution in [1.82, 2.24) is 29.3 Å². The number of fused-ring (bicyclic) bond motifs is 1. The first-order valence-electron chi connectivity index (χ1n) is 9.26. The summed E-state index contributed by atoms with van der Waals surface area (Å²) in [4.78, 5) is 54.0. The molecule has 0 saturated heterocycles. The fourth-order valence-electron chi connectivity index (χ4n) is 3.04. The van der Waals surface area contributed by atoms with Crippen LogP contribution < -0.4 is 21.9 Å². The molecule has 3 rings (SSSR count). The van der Waals surface area contributed by atoms with Gasteiger partial charge in [0.15, 0.2) is 11.2 Å². The predicted octanol–water partition coefficient (Wildman–Crippen LogP) is 0.274. The van der Waals surface area contributed by atoms with Crippen LogP contribution in [0, 0.1) is 0 Å². The largest absolute Gasteiger partial charge is 0.338 e. The third-order valence-electron chi connectivity index (χ3n) is 4.40. The number of imide groups is 1. The topological polar surface area (TPSA) is 120 Å². The quantitative estimate of drug-likeness (QED) is 0.618. The van der Waals surface area contributed by atoms with Crippen LogP contribution in [0.2, 0.25) is 0 Å². The van der Waals surface area contributed by atoms with Crippen molar-refractivity contribution in [3.8, 4) is 0 Å². The molecule has 0 radical (unpaired) electrons. The molecule has 2 aromatic heterocycles. The smallest absolute Gasteiger partial charge is 0.333 e. The molecule has 10 nitrogen and oxygen atoms in total. The van der Waals surface area contributed by atoms with E-state index in [0.717, 1.165) is 10.1 Å². The summed E-state index contributed by atoms with van der Waals surface area (Å²) in [6.07, 6.45) is 1.49. The number of hydrogen-bond donors (Lipinski definition) is 2. The lowest BCUT2D eigenvalue weighted by Gasteiger charge is -2.12. The fraction of sp³-hybridized carbons (Fsp3) is 0.316. The van der Waals surface area contributed by atoms with Gasteiger partial charge < -0.3 is 9.88 Å². The van der Waals surface area contributed by atoms with Gasteiger partial charge in [-0.3, -0.25) is 19.5 Å². The first kappa shape index (κ1) is 20.1. The number of nitrogens with zero attached hydrogens (tertiary/aromatic N) is 4. The highest BCUT2D eigenvalue weighted by atomic mass is 16.2. The molecule has 2 N–H and O–H groups in total. The number of benzene rings is 1. The van der Waals surface area contributed by atoms with Crippen molar-refractivity contribution in [2.45, 2.75) is 33.5 Å². The molecular weight excluding hydrogens is 376 g/mol. The van der Waals surface area contributed by atoms with Gasteiger partial charge in [0.05, 0.1) is 12.9 Å². The second-order valence-corrected chi connectivity index (χ2v) is 6.36. The average Bonchev–Trinajstić information content (AvgIpc) is 3.13. The molecule has 10 heteroatoms. The maximum Gasteiger partial charge on any atom is 0.333 e. The van der Waals surface area contributed by atoms with Crippen LogP contribution >= 0.6 is 0 Å². The van der Waals surface area contributed by atoms with Crippen LogP contribution in [0.5, 0.6) is 0 Å². The van der Waals surface area contributed by atoms with Crippen molar-refractivity contribution >= 4 is 23.1 Å². The number of urea groups is 1. The molecule has 0 bridgehead atoms. The van der Waals surface area contributed by atoms with Crippen molar-refractivity contribution < 1.29 is 9.59 Å². The van der Waals surface area contributed by atoms with Crippen LogP contribution in [0.15, 0.2) is 46.2 Å². The summed E-state index contributed by atoms with van der Waals surface area (Å²) in [5.41, 5.74) is 0.0392. The van der Waals surface area contributed by atoms with Crippen molar-refractivity contribution in [2.75, 3.05) is 6.54 Å². The molecule has 2 heterocycles. The zero-order valence-electron chi connectivity index (χ0n) is 16.2. The van der Waals surface area contributed by atoms with Gasteiger partial charge in [0.25, 0.3) is 5.56 Å². The number of carbonyl (C=O) groups is 2. The Morgan fingerprint density at radius 2 is 1.79 bits per heavy atom. The first-order chi connectivity index (χ1) is 14.0. The Bertz CT molecular complexity index is 1160. The molecule has 3 aromatic rings. The molecule has 1 aromatic carbocycles. The van der Waals surface area contributed by atoms with Gasteiger partial charge >= 0.3 is 11.7 Å². The first-order valence-corrected chi connectivity index (χ1v) is 9.26. The Morgan fingerprint density at radius 3 is 2.45 bits per heavy atom. The summed E-state index contributed by atoms with van der Waals surface area (Å²) in [5, 5.41) is 4.53. The van der Waals surface area contributed by atoms with Gasteiger partial charge in [-0.05, 0) is 19.4 Å². The molecule has 0 aliphatic carbocycles. The van der Waals surface area contributed by atoms with Crippen molar-refractivity contribution in [2.24, 2.45) is 0 Å². The van der Waals surface area contributed by atoms with E-state index in [-0.39, 0.29) is 17.7 Å². The standard InChI is InChI=1S/C19H22N6O4/c1-3-20-18(28)22-14(26)11-25-17(27)15-16(21-12-23(15)4-2)24(19(25)29)10-13-8-6-5-7-9-13/h5-9,12H,3-4,10-11H2,1-2H3,(H2,20,22,26,28). The maximum atomic E-state index is 13.0. The molecular formula is C19H22N6O4. The number of imidazole rings is 1. The second kappa shape index (κ2) is 8.55. The van der Waals surface area contributed by atoms with E-state index in [1.165, 1.54) is 10.9 Å². The zero-order chi connectivity index (χ0) is 21.0. The minimum atomic E-state index is -0.761. The van der Waals surface area contributed by atoms with Gasteiger partial charge in [0, 0.05) is 13.1 Å². The van der Waals surface area contributed by atoms with Crippen LogP contribution in [0.25, 0.3) is 11.2 Å². The lowest BCUT2D eigenvalue weighted by atomic mass is 10.2. The molecule has 152 valence electrons. The predicted molar refractivity (Wildman–Crippen MR) is 107 cm³/mol. The lowest BCUT2D eigenvalue weighted by Crippen LogP contribution is -2.47. The van der Waals surface area contributed by atoms with Crippen molar-refractivity contribution in [1.29, 1.82) is 0 Å². The average molecular weight is 398 g/mol.